The number of amides is 1. The molecule has 2 heterocycles. The van der Waals surface area contributed by atoms with Crippen LogP contribution in [0.2, 0.25) is 5.15 Å². The second-order valence-corrected chi connectivity index (χ2v) is 5.86. The first kappa shape index (κ1) is 16.8. The quantitative estimate of drug-likeness (QED) is 0.749. The predicted molar refractivity (Wildman–Crippen MR) is 90.5 cm³/mol. The molecule has 1 aliphatic rings. The van der Waals surface area contributed by atoms with Crippen LogP contribution in [0, 0.1) is 0 Å². The van der Waals surface area contributed by atoms with Crippen molar-refractivity contribution in [1.82, 2.24) is 9.88 Å². The molecule has 6 nitrogen and oxygen atoms in total. The van der Waals surface area contributed by atoms with E-state index in [4.69, 9.17) is 25.8 Å². The zero-order valence-electron chi connectivity index (χ0n) is 13.7. The second-order valence-electron chi connectivity index (χ2n) is 5.50. The van der Waals surface area contributed by atoms with Crippen molar-refractivity contribution in [3.05, 3.63) is 28.9 Å². The first-order chi connectivity index (χ1) is 11.6. The zero-order chi connectivity index (χ0) is 17.1. The third-order valence-electron chi connectivity index (χ3n) is 3.92. The fourth-order valence-corrected chi connectivity index (χ4v) is 2.82. The Morgan fingerprint density at radius 3 is 2.79 bits per heavy atom. The lowest BCUT2D eigenvalue weighted by atomic mass is 10.1. The molecule has 0 radical (unpaired) electrons. The first-order valence-electron chi connectivity index (χ1n) is 7.78. The van der Waals surface area contributed by atoms with Crippen molar-refractivity contribution in [1.29, 1.82) is 0 Å². The van der Waals surface area contributed by atoms with Crippen LogP contribution >= 0.6 is 11.6 Å². The molecule has 7 heteroatoms. The van der Waals surface area contributed by atoms with Gasteiger partial charge in [-0.1, -0.05) is 18.5 Å². The van der Waals surface area contributed by atoms with Gasteiger partial charge in [-0.05, 0) is 12.1 Å². The molecule has 2 aromatic rings. The summed E-state index contributed by atoms with van der Waals surface area (Å²) in [6, 6.07) is 5.63. The Morgan fingerprint density at radius 1 is 1.33 bits per heavy atom. The Labute approximate surface area is 145 Å². The standard InChI is InChI=1S/C17H19ClN2O4/c1-3-16(21)20(4-5-22-2)9-12-6-11-7-14-15(24-10-23-14)8-13(11)19-17(12)18/h6-8H,3-5,9-10H2,1-2H3. The molecular weight excluding hydrogens is 332 g/mol. The fraction of sp³-hybridized carbons (Fsp3) is 0.412. The van der Waals surface area contributed by atoms with Crippen LogP contribution in [0.3, 0.4) is 0 Å². The Kier molecular flexibility index (Phi) is 5.06. The van der Waals surface area contributed by atoms with Crippen LogP contribution in [-0.2, 0) is 16.1 Å². The minimum absolute atomic E-state index is 0.0499. The van der Waals surface area contributed by atoms with Crippen LogP contribution in [0.4, 0.5) is 0 Å². The fourth-order valence-electron chi connectivity index (χ4n) is 2.62. The molecular formula is C17H19ClN2O4. The van der Waals surface area contributed by atoms with Gasteiger partial charge in [-0.3, -0.25) is 4.79 Å². The maximum atomic E-state index is 12.1. The maximum absolute atomic E-state index is 12.1. The number of aromatic nitrogens is 1. The van der Waals surface area contributed by atoms with Crippen molar-refractivity contribution in [2.75, 3.05) is 27.1 Å². The van der Waals surface area contributed by atoms with Crippen LogP contribution in [0.25, 0.3) is 10.9 Å². The van der Waals surface area contributed by atoms with Crippen LogP contribution in [0.15, 0.2) is 18.2 Å². The van der Waals surface area contributed by atoms with Crippen LogP contribution < -0.4 is 9.47 Å². The van der Waals surface area contributed by atoms with Gasteiger partial charge in [0.2, 0.25) is 12.7 Å². The number of halogens is 1. The van der Waals surface area contributed by atoms with Gasteiger partial charge in [-0.15, -0.1) is 0 Å². The number of rotatable bonds is 6. The SMILES string of the molecule is CCC(=O)N(CCOC)Cc1cc2cc3c(cc2nc1Cl)OCO3. The third kappa shape index (κ3) is 3.39. The summed E-state index contributed by atoms with van der Waals surface area (Å²) in [4.78, 5) is 18.3. The minimum Gasteiger partial charge on any atom is -0.454 e. The lowest BCUT2D eigenvalue weighted by molar-refractivity contribution is -0.132. The number of fused-ring (bicyclic) bond motifs is 2. The summed E-state index contributed by atoms with van der Waals surface area (Å²) in [6.07, 6.45) is 0.432. The molecule has 0 saturated carbocycles. The molecule has 1 aromatic carbocycles. The van der Waals surface area contributed by atoms with Crippen molar-refractivity contribution in [3.63, 3.8) is 0 Å². The summed E-state index contributed by atoms with van der Waals surface area (Å²) in [6.45, 7) is 3.43. The molecule has 1 amide bonds. The molecule has 0 fully saturated rings. The Bertz CT molecular complexity index is 766. The number of methoxy groups -OCH3 is 1. The highest BCUT2D eigenvalue weighted by Crippen LogP contribution is 2.36. The highest BCUT2D eigenvalue weighted by Gasteiger charge is 2.18. The number of benzene rings is 1. The molecule has 0 atom stereocenters. The number of hydrogen-bond acceptors (Lipinski definition) is 5. The summed E-state index contributed by atoms with van der Waals surface area (Å²) in [7, 11) is 1.61. The number of nitrogens with zero attached hydrogens (tertiary/aromatic N) is 2. The third-order valence-corrected chi connectivity index (χ3v) is 4.24. The van der Waals surface area contributed by atoms with E-state index in [1.165, 1.54) is 0 Å². The van der Waals surface area contributed by atoms with Gasteiger partial charge in [0.05, 0.1) is 12.1 Å². The van der Waals surface area contributed by atoms with Crippen LogP contribution in [0.1, 0.15) is 18.9 Å². The zero-order valence-corrected chi connectivity index (χ0v) is 14.4. The lowest BCUT2D eigenvalue weighted by Gasteiger charge is -2.22. The van der Waals surface area contributed by atoms with E-state index in [0.29, 0.717) is 42.8 Å². The average Bonchev–Trinajstić information content (AvgIpc) is 3.03. The van der Waals surface area contributed by atoms with Gasteiger partial charge in [0.1, 0.15) is 5.15 Å². The van der Waals surface area contributed by atoms with E-state index < -0.39 is 0 Å². The lowest BCUT2D eigenvalue weighted by Crippen LogP contribution is -2.33. The monoisotopic (exact) mass is 350 g/mol. The highest BCUT2D eigenvalue weighted by molar-refractivity contribution is 6.30. The summed E-state index contributed by atoms with van der Waals surface area (Å²) in [5, 5.41) is 1.28. The molecule has 0 aliphatic carbocycles. The summed E-state index contributed by atoms with van der Waals surface area (Å²) >= 11 is 6.33. The Balaban J connectivity index is 1.91. The summed E-state index contributed by atoms with van der Waals surface area (Å²) < 4.78 is 15.8. The van der Waals surface area contributed by atoms with E-state index in [1.807, 2.05) is 25.1 Å². The number of carbonyl (C=O) groups is 1. The molecule has 3 rings (SSSR count). The number of pyridine rings is 1. The van der Waals surface area contributed by atoms with Gasteiger partial charge < -0.3 is 19.1 Å². The topological polar surface area (TPSA) is 60.9 Å². The van der Waals surface area contributed by atoms with Crippen molar-refractivity contribution < 1.29 is 19.0 Å². The molecule has 1 aromatic heterocycles. The minimum atomic E-state index is 0.0499. The summed E-state index contributed by atoms with van der Waals surface area (Å²) in [5.74, 6) is 1.41. The highest BCUT2D eigenvalue weighted by atomic mass is 35.5. The van der Waals surface area contributed by atoms with Gasteiger partial charge in [0.25, 0.3) is 0 Å². The van der Waals surface area contributed by atoms with Crippen LogP contribution in [-0.4, -0.2) is 42.8 Å². The van der Waals surface area contributed by atoms with E-state index in [-0.39, 0.29) is 12.7 Å². The second kappa shape index (κ2) is 7.23. The van der Waals surface area contributed by atoms with Crippen molar-refractivity contribution in [2.24, 2.45) is 0 Å². The molecule has 0 unspecified atom stereocenters. The van der Waals surface area contributed by atoms with Gasteiger partial charge in [-0.25, -0.2) is 4.98 Å². The van der Waals surface area contributed by atoms with E-state index in [9.17, 15) is 4.79 Å². The molecule has 1 aliphatic heterocycles. The molecule has 0 saturated heterocycles. The Hall–Kier alpha value is -2.05. The predicted octanol–water partition coefficient (Wildman–Crippen LogP) is 3.00. The normalized spacial score (nSPS) is 12.6. The molecule has 24 heavy (non-hydrogen) atoms. The van der Waals surface area contributed by atoms with Gasteiger partial charge in [0, 0.05) is 43.6 Å². The van der Waals surface area contributed by atoms with Gasteiger partial charge >= 0.3 is 0 Å². The number of ether oxygens (including phenoxy) is 3. The Morgan fingerprint density at radius 2 is 2.08 bits per heavy atom. The van der Waals surface area contributed by atoms with E-state index in [1.54, 1.807) is 12.0 Å². The molecule has 0 N–H and O–H groups in total. The van der Waals surface area contributed by atoms with Crippen molar-refractivity contribution in [2.45, 2.75) is 19.9 Å². The number of carbonyl (C=O) groups excluding carboxylic acids is 1. The van der Waals surface area contributed by atoms with Gasteiger partial charge in [-0.2, -0.15) is 0 Å². The van der Waals surface area contributed by atoms with E-state index in [0.717, 1.165) is 16.5 Å². The van der Waals surface area contributed by atoms with E-state index >= 15 is 0 Å². The smallest absolute Gasteiger partial charge is 0.231 e. The summed E-state index contributed by atoms with van der Waals surface area (Å²) in [5.41, 5.74) is 1.53. The largest absolute Gasteiger partial charge is 0.454 e. The average molecular weight is 351 g/mol. The molecule has 0 spiro atoms. The molecule has 128 valence electrons. The molecule has 0 bridgehead atoms. The number of hydrogen-bond donors (Lipinski definition) is 0. The van der Waals surface area contributed by atoms with Crippen molar-refractivity contribution in [3.8, 4) is 11.5 Å². The van der Waals surface area contributed by atoms with Crippen LogP contribution in [0.5, 0.6) is 11.5 Å². The maximum Gasteiger partial charge on any atom is 0.231 e. The first-order valence-corrected chi connectivity index (χ1v) is 8.15. The van der Waals surface area contributed by atoms with Crippen molar-refractivity contribution >= 4 is 28.4 Å². The van der Waals surface area contributed by atoms with E-state index in [2.05, 4.69) is 4.98 Å². The van der Waals surface area contributed by atoms with Gasteiger partial charge in [0.15, 0.2) is 11.5 Å².